The minimum absolute atomic E-state index is 0.299. The van der Waals surface area contributed by atoms with Gasteiger partial charge >= 0.3 is 0 Å². The second kappa shape index (κ2) is 3.20. The number of carbonyl (C=O) groups excluding carboxylic acids is 1. The maximum Gasteiger partial charge on any atom is 0.280 e. The van der Waals surface area contributed by atoms with E-state index in [0.717, 1.165) is 5.57 Å². The van der Waals surface area contributed by atoms with Crippen molar-refractivity contribution in [1.29, 1.82) is 0 Å². The predicted molar refractivity (Wildman–Crippen MR) is 49.3 cm³/mol. The summed E-state index contributed by atoms with van der Waals surface area (Å²) in [6.45, 7) is 0.389. The normalized spacial score (nSPS) is 36.2. The Morgan fingerprint density at radius 1 is 1.93 bits per heavy atom. The number of nitrogens with zero attached hydrogens (tertiary/aromatic N) is 1. The molecule has 1 fully saturated rings. The highest BCUT2D eigenvalue weighted by Gasteiger charge is 2.61. The van der Waals surface area contributed by atoms with Crippen LogP contribution in [0.25, 0.3) is 0 Å². The third-order valence-electron chi connectivity index (χ3n) is 2.45. The van der Waals surface area contributed by atoms with Gasteiger partial charge in [-0.1, -0.05) is 0 Å². The van der Waals surface area contributed by atoms with Crippen LogP contribution in [0.3, 0.4) is 0 Å². The molecule has 0 aromatic heterocycles. The van der Waals surface area contributed by atoms with Gasteiger partial charge in [0, 0.05) is 19.2 Å². The summed E-state index contributed by atoms with van der Waals surface area (Å²) in [5, 5.41) is 0. The zero-order chi connectivity index (χ0) is 10.3. The molecule has 2 rings (SSSR count). The lowest BCUT2D eigenvalue weighted by atomic mass is 9.99. The lowest BCUT2D eigenvalue weighted by molar-refractivity contribution is -0.244. The van der Waals surface area contributed by atoms with Gasteiger partial charge in [-0.05, 0) is 5.57 Å². The molecule has 0 bridgehead atoms. The van der Waals surface area contributed by atoms with E-state index in [1.807, 2.05) is 0 Å². The highest BCUT2D eigenvalue weighted by atomic mass is 35.5. The van der Waals surface area contributed by atoms with Crippen LogP contribution >= 0.6 is 11.6 Å². The third-order valence-corrected chi connectivity index (χ3v) is 2.79. The van der Waals surface area contributed by atoms with Crippen molar-refractivity contribution < 1.29 is 14.3 Å². The Balaban J connectivity index is 2.20. The van der Waals surface area contributed by atoms with Crippen LogP contribution in [0.4, 0.5) is 0 Å². The van der Waals surface area contributed by atoms with Crippen LogP contribution in [-0.2, 0) is 14.3 Å². The van der Waals surface area contributed by atoms with Gasteiger partial charge in [0.2, 0.25) is 5.72 Å². The number of fused-ring (bicyclic) bond motifs is 1. The second-order valence-electron chi connectivity index (χ2n) is 3.29. The van der Waals surface area contributed by atoms with E-state index in [1.165, 1.54) is 12.0 Å². The molecule has 1 saturated heterocycles. The Morgan fingerprint density at radius 3 is 3.21 bits per heavy atom. The summed E-state index contributed by atoms with van der Waals surface area (Å²) in [7, 11) is 1.39. The summed E-state index contributed by atoms with van der Waals surface area (Å²) in [6, 6.07) is 0. The Bertz CT molecular complexity index is 307. The second-order valence-corrected chi connectivity index (χ2v) is 3.56. The molecule has 0 aromatic rings. The molecule has 14 heavy (non-hydrogen) atoms. The van der Waals surface area contributed by atoms with Gasteiger partial charge in [0.25, 0.3) is 5.91 Å². The highest BCUT2D eigenvalue weighted by Crippen LogP contribution is 2.34. The van der Waals surface area contributed by atoms with Crippen molar-refractivity contribution in [2.24, 2.45) is 5.73 Å². The first-order valence-corrected chi connectivity index (χ1v) is 4.71. The van der Waals surface area contributed by atoms with Crippen molar-refractivity contribution in [3.63, 3.8) is 0 Å². The summed E-state index contributed by atoms with van der Waals surface area (Å²) in [6.07, 6.45) is 1.15. The van der Waals surface area contributed by atoms with Crippen LogP contribution in [0.15, 0.2) is 11.8 Å². The van der Waals surface area contributed by atoms with Crippen LogP contribution in [0, 0.1) is 0 Å². The van der Waals surface area contributed by atoms with Crippen molar-refractivity contribution in [2.45, 2.75) is 12.0 Å². The Labute approximate surface area is 86.4 Å². The lowest BCUT2D eigenvalue weighted by Gasteiger charge is -2.52. The number of hydrogen-bond acceptors (Lipinski definition) is 4. The molecule has 0 radical (unpaired) electrons. The van der Waals surface area contributed by atoms with Crippen molar-refractivity contribution >= 4 is 17.5 Å². The van der Waals surface area contributed by atoms with Gasteiger partial charge in [0.05, 0.1) is 6.61 Å². The quantitative estimate of drug-likeness (QED) is 0.390. The monoisotopic (exact) mass is 218 g/mol. The number of halogens is 1. The Hall–Kier alpha value is -0.620. The van der Waals surface area contributed by atoms with Crippen molar-refractivity contribution in [3.8, 4) is 0 Å². The molecule has 0 unspecified atom stereocenters. The van der Waals surface area contributed by atoms with E-state index in [-0.39, 0.29) is 5.91 Å². The first-order chi connectivity index (χ1) is 6.63. The zero-order valence-corrected chi connectivity index (χ0v) is 8.45. The minimum Gasteiger partial charge on any atom is -0.351 e. The topological polar surface area (TPSA) is 64.8 Å². The van der Waals surface area contributed by atoms with Gasteiger partial charge in [-0.2, -0.15) is 0 Å². The predicted octanol–water partition coefficient (Wildman–Crippen LogP) is -0.391. The summed E-state index contributed by atoms with van der Waals surface area (Å²) in [4.78, 5) is 12.9. The number of amides is 1. The lowest BCUT2D eigenvalue weighted by Crippen LogP contribution is -2.79. The summed E-state index contributed by atoms with van der Waals surface area (Å²) in [5.74, 6) is 0.0495. The van der Waals surface area contributed by atoms with Crippen molar-refractivity contribution in [1.82, 2.24) is 4.90 Å². The van der Waals surface area contributed by atoms with Gasteiger partial charge in [0.15, 0.2) is 6.23 Å². The summed E-state index contributed by atoms with van der Waals surface area (Å²) >= 11 is 5.62. The van der Waals surface area contributed by atoms with Gasteiger partial charge in [-0.3, -0.25) is 15.4 Å². The van der Waals surface area contributed by atoms with Gasteiger partial charge in [-0.25, -0.2) is 0 Å². The van der Waals surface area contributed by atoms with E-state index < -0.39 is 12.0 Å². The molecule has 0 spiro atoms. The van der Waals surface area contributed by atoms with Gasteiger partial charge in [-0.15, -0.1) is 11.6 Å². The van der Waals surface area contributed by atoms with Crippen molar-refractivity contribution in [2.75, 3.05) is 19.6 Å². The molecule has 2 heterocycles. The molecule has 5 nitrogen and oxygen atoms in total. The minimum atomic E-state index is -1.33. The maximum absolute atomic E-state index is 11.5. The molecule has 2 N–H and O–H groups in total. The fraction of sp³-hybridized carbons (Fsp3) is 0.625. The van der Waals surface area contributed by atoms with Crippen molar-refractivity contribution in [3.05, 3.63) is 11.8 Å². The van der Waals surface area contributed by atoms with Gasteiger partial charge in [0.1, 0.15) is 0 Å². The molecule has 1 amide bonds. The first kappa shape index (κ1) is 9.92. The molecular formula is C8H11ClN2O3. The molecule has 78 valence electrons. The first-order valence-electron chi connectivity index (χ1n) is 4.17. The number of ether oxygens (including phenoxy) is 2. The average molecular weight is 219 g/mol. The SMILES string of the molecule is CO[C@@]1(N)C(=O)N2C=C(CCl)CO[C@@H]21. The van der Waals surface area contributed by atoms with E-state index in [0.29, 0.717) is 12.5 Å². The van der Waals surface area contributed by atoms with Crippen LogP contribution in [-0.4, -0.2) is 42.4 Å². The maximum atomic E-state index is 11.5. The fourth-order valence-electron chi connectivity index (χ4n) is 1.57. The molecule has 6 heteroatoms. The standard InChI is InChI=1S/C8H11ClN2O3/c1-13-8(10)6(12)11-3-5(2-9)4-14-7(8)11/h3,7H,2,4,10H2,1H3/t7-,8+/m1/s1. The molecule has 2 atom stereocenters. The number of β-lactam (4-membered cyclic amide) rings is 1. The Kier molecular flexibility index (Phi) is 2.27. The number of methoxy groups -OCH3 is 1. The number of carbonyl (C=O) groups is 1. The number of rotatable bonds is 2. The smallest absolute Gasteiger partial charge is 0.280 e. The molecule has 0 saturated carbocycles. The average Bonchev–Trinajstić information content (AvgIpc) is 2.26. The number of nitrogens with two attached hydrogens (primary N) is 1. The molecule has 2 aliphatic heterocycles. The van der Waals surface area contributed by atoms with E-state index in [9.17, 15) is 4.79 Å². The van der Waals surface area contributed by atoms with Gasteiger partial charge < -0.3 is 9.47 Å². The highest BCUT2D eigenvalue weighted by molar-refractivity contribution is 6.19. The van der Waals surface area contributed by atoms with Crippen LogP contribution in [0.2, 0.25) is 0 Å². The van der Waals surface area contributed by atoms with E-state index in [1.54, 1.807) is 6.20 Å². The molecular weight excluding hydrogens is 208 g/mol. The fourth-order valence-corrected chi connectivity index (χ4v) is 1.71. The summed E-state index contributed by atoms with van der Waals surface area (Å²) in [5.41, 5.74) is 5.22. The van der Waals surface area contributed by atoms with E-state index >= 15 is 0 Å². The van der Waals surface area contributed by atoms with Crippen LogP contribution in [0.1, 0.15) is 0 Å². The van der Waals surface area contributed by atoms with Crippen LogP contribution < -0.4 is 5.73 Å². The molecule has 0 aliphatic carbocycles. The largest absolute Gasteiger partial charge is 0.351 e. The van der Waals surface area contributed by atoms with Crippen LogP contribution in [0.5, 0.6) is 0 Å². The molecule has 2 aliphatic rings. The van der Waals surface area contributed by atoms with E-state index in [2.05, 4.69) is 0 Å². The molecule has 0 aromatic carbocycles. The number of alkyl halides is 1. The Morgan fingerprint density at radius 2 is 2.64 bits per heavy atom. The summed E-state index contributed by atoms with van der Waals surface area (Å²) < 4.78 is 10.3. The third kappa shape index (κ3) is 1.10. The van der Waals surface area contributed by atoms with E-state index in [4.69, 9.17) is 26.8 Å². The zero-order valence-electron chi connectivity index (χ0n) is 7.70. The number of hydrogen-bond donors (Lipinski definition) is 1.